The van der Waals surface area contributed by atoms with Gasteiger partial charge in [0.25, 0.3) is 0 Å². The molecule has 0 N–H and O–H groups in total. The van der Waals surface area contributed by atoms with E-state index in [4.69, 9.17) is 0 Å². The van der Waals surface area contributed by atoms with Crippen LogP contribution >= 0.6 is 0 Å². The van der Waals surface area contributed by atoms with E-state index in [1.807, 2.05) is 30.3 Å². The van der Waals surface area contributed by atoms with Crippen molar-refractivity contribution < 1.29 is 0 Å². The van der Waals surface area contributed by atoms with Crippen LogP contribution in [0.2, 0.25) is 0 Å². The summed E-state index contributed by atoms with van der Waals surface area (Å²) in [5, 5.41) is 3.94. The van der Waals surface area contributed by atoms with Crippen molar-refractivity contribution in [3.05, 3.63) is 43.0 Å². The summed E-state index contributed by atoms with van der Waals surface area (Å²) in [6, 6.07) is 9.76. The van der Waals surface area contributed by atoms with E-state index in [1.165, 1.54) is 6.33 Å². The van der Waals surface area contributed by atoms with Crippen molar-refractivity contribution in [3.63, 3.8) is 0 Å². The molecule has 1 aromatic heterocycles. The van der Waals surface area contributed by atoms with Gasteiger partial charge in [0.15, 0.2) is 0 Å². The molecule has 0 aliphatic carbocycles. The third kappa shape index (κ3) is 1.12. The standard InChI is InChI=1S/C8H6N3/c1-2-4-8(5-3-1)11-7-9-6-10-11/h1-6H. The van der Waals surface area contributed by atoms with Gasteiger partial charge < -0.3 is 0 Å². The zero-order valence-electron chi connectivity index (χ0n) is 5.81. The zero-order chi connectivity index (χ0) is 7.52. The predicted octanol–water partition coefficient (Wildman–Crippen LogP) is 1.07. The van der Waals surface area contributed by atoms with Gasteiger partial charge in [0.2, 0.25) is 6.33 Å². The Morgan fingerprint density at radius 1 is 1.18 bits per heavy atom. The lowest BCUT2D eigenvalue weighted by molar-refractivity contribution is 0.872. The van der Waals surface area contributed by atoms with E-state index >= 15 is 0 Å². The van der Waals surface area contributed by atoms with Crippen molar-refractivity contribution in [2.75, 3.05) is 0 Å². The van der Waals surface area contributed by atoms with Crippen LogP contribution in [0.25, 0.3) is 5.69 Å². The third-order valence-electron chi connectivity index (χ3n) is 1.38. The van der Waals surface area contributed by atoms with Crippen LogP contribution in [-0.2, 0) is 0 Å². The van der Waals surface area contributed by atoms with Crippen molar-refractivity contribution in [1.82, 2.24) is 14.8 Å². The molecule has 3 nitrogen and oxygen atoms in total. The second-order valence-electron chi connectivity index (χ2n) is 2.11. The van der Waals surface area contributed by atoms with Gasteiger partial charge in [0.1, 0.15) is 6.33 Å². The van der Waals surface area contributed by atoms with Crippen LogP contribution in [0.15, 0.2) is 36.7 Å². The van der Waals surface area contributed by atoms with E-state index in [0.717, 1.165) is 5.69 Å². The van der Waals surface area contributed by atoms with Crippen LogP contribution < -0.4 is 0 Å². The summed E-state index contributed by atoms with van der Waals surface area (Å²) < 4.78 is 1.60. The van der Waals surface area contributed by atoms with E-state index in [9.17, 15) is 0 Å². The Kier molecular flexibility index (Phi) is 1.41. The van der Waals surface area contributed by atoms with Crippen molar-refractivity contribution in [2.24, 2.45) is 0 Å². The summed E-state index contributed by atoms with van der Waals surface area (Å²) in [5.74, 6) is 0. The highest BCUT2D eigenvalue weighted by atomic mass is 15.3. The van der Waals surface area contributed by atoms with Crippen molar-refractivity contribution in [3.8, 4) is 5.69 Å². The van der Waals surface area contributed by atoms with Crippen LogP contribution in [0.4, 0.5) is 0 Å². The van der Waals surface area contributed by atoms with Gasteiger partial charge in [-0.2, -0.15) is 5.10 Å². The quantitative estimate of drug-likeness (QED) is 0.599. The second-order valence-corrected chi connectivity index (χ2v) is 2.11. The number of hydrogen-bond acceptors (Lipinski definition) is 2. The molecule has 0 aliphatic heterocycles. The third-order valence-corrected chi connectivity index (χ3v) is 1.38. The molecule has 0 spiro atoms. The first-order valence-electron chi connectivity index (χ1n) is 3.30. The molecule has 0 amide bonds. The van der Waals surface area contributed by atoms with Crippen molar-refractivity contribution >= 4 is 0 Å². The van der Waals surface area contributed by atoms with E-state index in [2.05, 4.69) is 16.4 Å². The van der Waals surface area contributed by atoms with Crippen molar-refractivity contribution in [2.45, 2.75) is 0 Å². The Morgan fingerprint density at radius 2 is 2.00 bits per heavy atom. The number of rotatable bonds is 1. The van der Waals surface area contributed by atoms with Gasteiger partial charge in [-0.15, -0.1) is 0 Å². The van der Waals surface area contributed by atoms with Gasteiger partial charge >= 0.3 is 0 Å². The lowest BCUT2D eigenvalue weighted by Crippen LogP contribution is -1.92. The van der Waals surface area contributed by atoms with Gasteiger partial charge in [-0.05, 0) is 12.1 Å². The minimum Gasteiger partial charge on any atom is -0.212 e. The monoisotopic (exact) mass is 144 g/mol. The molecule has 0 fully saturated rings. The maximum atomic E-state index is 3.94. The Labute approximate surface area is 64.3 Å². The highest BCUT2D eigenvalue weighted by Crippen LogP contribution is 2.01. The first kappa shape index (κ1) is 6.09. The molecule has 3 heteroatoms. The minimum atomic E-state index is 0.977. The number of benzene rings is 1. The van der Waals surface area contributed by atoms with E-state index in [-0.39, 0.29) is 0 Å². The molecule has 0 bridgehead atoms. The molecule has 1 aromatic carbocycles. The Balaban J connectivity index is 2.46. The van der Waals surface area contributed by atoms with Gasteiger partial charge in [0.05, 0.1) is 5.69 Å². The lowest BCUT2D eigenvalue weighted by atomic mass is 10.3. The van der Waals surface area contributed by atoms with Crippen LogP contribution in [-0.4, -0.2) is 14.8 Å². The SMILES string of the molecule is [c]1ncnn1-c1ccccc1. The van der Waals surface area contributed by atoms with E-state index < -0.39 is 0 Å². The molecule has 2 rings (SSSR count). The lowest BCUT2D eigenvalue weighted by Gasteiger charge is -1.95. The van der Waals surface area contributed by atoms with Crippen molar-refractivity contribution in [1.29, 1.82) is 0 Å². The molecule has 2 aromatic rings. The van der Waals surface area contributed by atoms with Crippen LogP contribution in [0.5, 0.6) is 0 Å². The topological polar surface area (TPSA) is 30.7 Å². The molecule has 53 valence electrons. The molecular formula is C8H6N3. The Morgan fingerprint density at radius 3 is 2.64 bits per heavy atom. The highest BCUT2D eigenvalue weighted by molar-refractivity contribution is 5.28. The normalized spacial score (nSPS) is 9.82. The number of nitrogens with zero attached hydrogens (tertiary/aromatic N) is 3. The molecule has 1 heterocycles. The summed E-state index contributed by atoms with van der Waals surface area (Å²) in [6.45, 7) is 0. The zero-order valence-corrected chi connectivity index (χ0v) is 5.81. The number of para-hydroxylation sites is 1. The summed E-state index contributed by atoms with van der Waals surface area (Å²) >= 11 is 0. The van der Waals surface area contributed by atoms with Crippen LogP contribution in [0.1, 0.15) is 0 Å². The maximum Gasteiger partial charge on any atom is 0.201 e. The Bertz CT molecular complexity index is 312. The Hall–Kier alpha value is -1.64. The molecule has 0 unspecified atom stereocenters. The fraction of sp³-hybridized carbons (Fsp3) is 0. The van der Waals surface area contributed by atoms with Gasteiger partial charge in [-0.1, -0.05) is 18.2 Å². The largest absolute Gasteiger partial charge is 0.212 e. The molecule has 1 radical (unpaired) electrons. The molecular weight excluding hydrogens is 138 g/mol. The number of hydrogen-bond donors (Lipinski definition) is 0. The fourth-order valence-electron chi connectivity index (χ4n) is 0.877. The maximum absolute atomic E-state index is 3.94. The average molecular weight is 144 g/mol. The second kappa shape index (κ2) is 2.54. The first-order chi connectivity index (χ1) is 5.47. The molecule has 0 saturated heterocycles. The summed E-state index contributed by atoms with van der Waals surface area (Å²) in [5.41, 5.74) is 0.977. The highest BCUT2D eigenvalue weighted by Gasteiger charge is 1.92. The molecule has 0 aliphatic rings. The van der Waals surface area contributed by atoms with E-state index in [0.29, 0.717) is 0 Å². The number of aromatic nitrogens is 3. The van der Waals surface area contributed by atoms with E-state index in [1.54, 1.807) is 4.68 Å². The van der Waals surface area contributed by atoms with Crippen LogP contribution in [0.3, 0.4) is 0 Å². The van der Waals surface area contributed by atoms with Gasteiger partial charge in [-0.25, -0.2) is 9.67 Å². The summed E-state index contributed by atoms with van der Waals surface area (Å²) in [6.07, 6.45) is 4.17. The van der Waals surface area contributed by atoms with Gasteiger partial charge in [-0.3, -0.25) is 0 Å². The smallest absolute Gasteiger partial charge is 0.201 e. The summed E-state index contributed by atoms with van der Waals surface area (Å²) in [4.78, 5) is 3.73. The minimum absolute atomic E-state index is 0.977. The van der Waals surface area contributed by atoms with Crippen LogP contribution in [0, 0.1) is 6.33 Å². The first-order valence-corrected chi connectivity index (χ1v) is 3.30. The van der Waals surface area contributed by atoms with Gasteiger partial charge in [0, 0.05) is 0 Å². The molecule has 0 saturated carbocycles. The summed E-state index contributed by atoms with van der Waals surface area (Å²) in [7, 11) is 0. The predicted molar refractivity (Wildman–Crippen MR) is 40.2 cm³/mol. The fourth-order valence-corrected chi connectivity index (χ4v) is 0.877. The molecule has 0 atom stereocenters. The average Bonchev–Trinajstić information content (AvgIpc) is 2.58. The molecule has 11 heavy (non-hydrogen) atoms.